The predicted octanol–water partition coefficient (Wildman–Crippen LogP) is 1.27. The number of benzene rings is 1. The fourth-order valence-electron chi connectivity index (χ4n) is 3.27. The molecule has 1 amide bonds. The Kier molecular flexibility index (Phi) is 5.65. The maximum Gasteiger partial charge on any atom is 0.267 e. The van der Waals surface area contributed by atoms with Crippen LogP contribution < -0.4 is 5.32 Å². The van der Waals surface area contributed by atoms with Gasteiger partial charge in [-0.25, -0.2) is 13.4 Å². The summed E-state index contributed by atoms with van der Waals surface area (Å²) < 4.78 is 31.8. The van der Waals surface area contributed by atoms with Crippen molar-refractivity contribution in [3.05, 3.63) is 48.0 Å². The minimum absolute atomic E-state index is 0.0897. The highest BCUT2D eigenvalue weighted by Crippen LogP contribution is 2.18. The average molecular weight is 417 g/mol. The molecule has 9 nitrogen and oxygen atoms in total. The van der Waals surface area contributed by atoms with Crippen molar-refractivity contribution in [1.82, 2.24) is 24.6 Å². The molecule has 0 unspecified atom stereocenters. The topological polar surface area (TPSA) is 120 Å². The Labute approximate surface area is 168 Å². The molecule has 3 heterocycles. The highest BCUT2D eigenvalue weighted by molar-refractivity contribution is 7.89. The van der Waals surface area contributed by atoms with Crippen molar-refractivity contribution in [3.63, 3.8) is 0 Å². The van der Waals surface area contributed by atoms with Crippen LogP contribution in [-0.4, -0.2) is 66.4 Å². The van der Waals surface area contributed by atoms with Gasteiger partial charge in [0.25, 0.3) is 5.91 Å². The van der Waals surface area contributed by atoms with E-state index in [1.165, 1.54) is 16.6 Å². The van der Waals surface area contributed by atoms with Gasteiger partial charge in [-0.3, -0.25) is 4.79 Å². The Morgan fingerprint density at radius 3 is 2.83 bits per heavy atom. The highest BCUT2D eigenvalue weighted by Gasteiger charge is 2.27. The summed E-state index contributed by atoms with van der Waals surface area (Å²) in [7, 11) is -3.62. The second-order valence-corrected chi connectivity index (χ2v) is 8.76. The number of hydrogen-bond acceptors (Lipinski definition) is 5. The van der Waals surface area contributed by atoms with Crippen molar-refractivity contribution in [1.29, 1.82) is 0 Å². The Morgan fingerprint density at radius 2 is 2.03 bits per heavy atom. The van der Waals surface area contributed by atoms with E-state index in [-0.39, 0.29) is 16.5 Å². The minimum atomic E-state index is -3.62. The summed E-state index contributed by atoms with van der Waals surface area (Å²) in [6.45, 7) is 1.85. The molecule has 1 aliphatic heterocycles. The van der Waals surface area contributed by atoms with Crippen LogP contribution in [0, 0.1) is 0 Å². The van der Waals surface area contributed by atoms with E-state index in [0.29, 0.717) is 45.7 Å². The summed E-state index contributed by atoms with van der Waals surface area (Å²) >= 11 is 0. The molecule has 154 valence electrons. The van der Waals surface area contributed by atoms with Gasteiger partial charge in [0.05, 0.1) is 24.2 Å². The molecule has 4 rings (SSSR count). The molecule has 3 aromatic rings. The number of amides is 1. The zero-order chi connectivity index (χ0) is 20.3. The molecule has 10 heteroatoms. The van der Waals surface area contributed by atoms with Gasteiger partial charge in [-0.15, -0.1) is 0 Å². The molecule has 1 aromatic carbocycles. The van der Waals surface area contributed by atoms with Gasteiger partial charge in [-0.2, -0.15) is 4.31 Å². The van der Waals surface area contributed by atoms with E-state index in [2.05, 4.69) is 20.3 Å². The van der Waals surface area contributed by atoms with Crippen LogP contribution in [0.2, 0.25) is 0 Å². The molecule has 3 N–H and O–H groups in total. The lowest BCUT2D eigenvalue weighted by Crippen LogP contribution is -2.40. The van der Waals surface area contributed by atoms with E-state index in [1.807, 2.05) is 24.3 Å². The molecule has 0 atom stereocenters. The van der Waals surface area contributed by atoms with Crippen molar-refractivity contribution < 1.29 is 17.9 Å². The number of imidazole rings is 1. The van der Waals surface area contributed by atoms with E-state index < -0.39 is 10.0 Å². The first-order valence-electron chi connectivity index (χ1n) is 9.52. The number of aromatic nitrogens is 3. The standard InChI is InChI=1S/C19H23N5O4S/c25-19(20-7-3-6-18-22-15-4-1-2-5-16(15)23-18)17-12-14(13-21-17)29(26,27)24-8-10-28-11-9-24/h1-2,4-5,12-13,21H,3,6-11H2,(H,20,25)(H,22,23). The Bertz CT molecular complexity index is 1070. The van der Waals surface area contributed by atoms with Crippen molar-refractivity contribution in [2.24, 2.45) is 0 Å². The fourth-order valence-corrected chi connectivity index (χ4v) is 4.67. The Balaban J connectivity index is 1.30. The van der Waals surface area contributed by atoms with E-state index in [4.69, 9.17) is 4.74 Å². The van der Waals surface area contributed by atoms with E-state index in [9.17, 15) is 13.2 Å². The molecule has 0 bridgehead atoms. The number of hydrogen-bond donors (Lipinski definition) is 3. The first-order valence-corrected chi connectivity index (χ1v) is 11.0. The van der Waals surface area contributed by atoms with Crippen molar-refractivity contribution in [2.75, 3.05) is 32.8 Å². The molecule has 0 saturated carbocycles. The highest BCUT2D eigenvalue weighted by atomic mass is 32.2. The average Bonchev–Trinajstić information content (AvgIpc) is 3.39. The summed E-state index contributed by atoms with van der Waals surface area (Å²) in [4.78, 5) is 22.9. The third-order valence-electron chi connectivity index (χ3n) is 4.82. The molecule has 0 aliphatic carbocycles. The van der Waals surface area contributed by atoms with Gasteiger partial charge in [0, 0.05) is 32.3 Å². The molecular formula is C19H23N5O4S. The van der Waals surface area contributed by atoms with Crippen LogP contribution >= 0.6 is 0 Å². The fraction of sp³-hybridized carbons (Fsp3) is 0.368. The Hall–Kier alpha value is -2.69. The normalized spacial score (nSPS) is 15.6. The monoisotopic (exact) mass is 417 g/mol. The number of carbonyl (C=O) groups excluding carboxylic acids is 1. The third-order valence-corrected chi connectivity index (χ3v) is 6.70. The van der Waals surface area contributed by atoms with E-state index in [1.54, 1.807) is 0 Å². The number of ether oxygens (including phenoxy) is 1. The lowest BCUT2D eigenvalue weighted by molar-refractivity contribution is 0.0730. The van der Waals surface area contributed by atoms with Crippen LogP contribution in [-0.2, 0) is 21.2 Å². The summed E-state index contributed by atoms with van der Waals surface area (Å²) in [5, 5.41) is 2.81. The quantitative estimate of drug-likeness (QED) is 0.500. The van der Waals surface area contributed by atoms with Gasteiger partial charge in [0.1, 0.15) is 16.4 Å². The zero-order valence-corrected chi connectivity index (χ0v) is 16.7. The van der Waals surface area contributed by atoms with Crippen molar-refractivity contribution in [2.45, 2.75) is 17.7 Å². The largest absolute Gasteiger partial charge is 0.379 e. The number of morpholine rings is 1. The lowest BCUT2D eigenvalue weighted by Gasteiger charge is -2.25. The summed E-state index contributed by atoms with van der Waals surface area (Å²) in [6, 6.07) is 9.19. The number of aromatic amines is 2. The number of H-pyrrole nitrogens is 2. The summed E-state index contributed by atoms with van der Waals surface area (Å²) in [6.07, 6.45) is 2.77. The number of fused-ring (bicyclic) bond motifs is 1. The van der Waals surface area contributed by atoms with Crippen LogP contribution in [0.1, 0.15) is 22.7 Å². The van der Waals surface area contributed by atoms with Crippen LogP contribution in [0.15, 0.2) is 41.4 Å². The predicted molar refractivity (Wildman–Crippen MR) is 107 cm³/mol. The summed E-state index contributed by atoms with van der Waals surface area (Å²) in [5.74, 6) is 0.539. The van der Waals surface area contributed by atoms with Crippen LogP contribution in [0.5, 0.6) is 0 Å². The van der Waals surface area contributed by atoms with Gasteiger partial charge < -0.3 is 20.0 Å². The molecular weight excluding hydrogens is 394 g/mol. The van der Waals surface area contributed by atoms with Gasteiger partial charge in [0.15, 0.2) is 0 Å². The van der Waals surface area contributed by atoms with Crippen LogP contribution in [0.4, 0.5) is 0 Å². The smallest absolute Gasteiger partial charge is 0.267 e. The lowest BCUT2D eigenvalue weighted by atomic mass is 10.3. The molecule has 1 saturated heterocycles. The first kappa shape index (κ1) is 19.6. The molecule has 1 aliphatic rings. The zero-order valence-electron chi connectivity index (χ0n) is 15.8. The van der Waals surface area contributed by atoms with Gasteiger partial charge in [-0.1, -0.05) is 12.1 Å². The Morgan fingerprint density at radius 1 is 1.24 bits per heavy atom. The number of rotatable bonds is 7. The summed E-state index contributed by atoms with van der Waals surface area (Å²) in [5.41, 5.74) is 2.14. The number of sulfonamides is 1. The van der Waals surface area contributed by atoms with E-state index >= 15 is 0 Å². The SMILES string of the molecule is O=C(NCCCc1nc2ccccc2[nH]1)c1cc(S(=O)(=O)N2CCOCC2)c[nH]1. The number of nitrogens with one attached hydrogen (secondary N) is 3. The number of aryl methyl sites for hydroxylation is 1. The molecule has 2 aromatic heterocycles. The molecule has 1 fully saturated rings. The van der Waals surface area contributed by atoms with Crippen molar-refractivity contribution >= 4 is 27.0 Å². The second-order valence-electron chi connectivity index (χ2n) is 6.83. The van der Waals surface area contributed by atoms with E-state index in [0.717, 1.165) is 16.9 Å². The maximum absolute atomic E-state index is 12.6. The van der Waals surface area contributed by atoms with Gasteiger partial charge in [0.2, 0.25) is 10.0 Å². The molecule has 29 heavy (non-hydrogen) atoms. The maximum atomic E-state index is 12.6. The van der Waals surface area contributed by atoms with Crippen molar-refractivity contribution in [3.8, 4) is 0 Å². The minimum Gasteiger partial charge on any atom is -0.379 e. The second kappa shape index (κ2) is 8.36. The van der Waals surface area contributed by atoms with Crippen LogP contribution in [0.25, 0.3) is 11.0 Å². The number of nitrogens with zero attached hydrogens (tertiary/aromatic N) is 2. The number of carbonyl (C=O) groups is 1. The first-order chi connectivity index (χ1) is 14.0. The number of para-hydroxylation sites is 2. The van der Waals surface area contributed by atoms with Crippen LogP contribution in [0.3, 0.4) is 0 Å². The van der Waals surface area contributed by atoms with Gasteiger partial charge in [-0.05, 0) is 24.6 Å². The molecule has 0 radical (unpaired) electrons. The molecule has 0 spiro atoms. The third kappa shape index (κ3) is 4.34. The van der Waals surface area contributed by atoms with Gasteiger partial charge >= 0.3 is 0 Å².